The Kier molecular flexibility index (Phi) is 4.29. The average Bonchev–Trinajstić information content (AvgIpc) is 2.28. The first kappa shape index (κ1) is 12.5. The number of carbonyl (C=O) groups is 1. The van der Waals surface area contributed by atoms with Crippen LogP contribution in [0, 0.1) is 11.3 Å². The summed E-state index contributed by atoms with van der Waals surface area (Å²) in [6.45, 7) is 1.44. The maximum Gasteiger partial charge on any atom is 0.339 e. The van der Waals surface area contributed by atoms with Crippen LogP contribution in [-0.2, 0) is 11.3 Å². The highest BCUT2D eigenvalue weighted by atomic mass is 35.5. The van der Waals surface area contributed by atoms with Gasteiger partial charge in [0.1, 0.15) is 6.07 Å². The van der Waals surface area contributed by atoms with Gasteiger partial charge >= 0.3 is 5.97 Å². The molecule has 1 aromatic carbocycles. The van der Waals surface area contributed by atoms with Gasteiger partial charge in [-0.2, -0.15) is 5.26 Å². The Morgan fingerprint density at radius 1 is 1.62 bits per heavy atom. The van der Waals surface area contributed by atoms with Crippen LogP contribution in [0.5, 0.6) is 0 Å². The van der Waals surface area contributed by atoms with E-state index in [0.717, 1.165) is 0 Å². The van der Waals surface area contributed by atoms with Crippen molar-refractivity contribution in [2.24, 2.45) is 0 Å². The number of benzene rings is 1. The zero-order valence-electron chi connectivity index (χ0n) is 8.66. The van der Waals surface area contributed by atoms with Crippen LogP contribution in [0.1, 0.15) is 28.4 Å². The maximum atomic E-state index is 11.6. The van der Waals surface area contributed by atoms with E-state index in [1.807, 2.05) is 6.07 Å². The van der Waals surface area contributed by atoms with Crippen molar-refractivity contribution in [1.29, 1.82) is 5.26 Å². The first-order valence-corrected chi connectivity index (χ1v) is 5.03. The van der Waals surface area contributed by atoms with Crippen LogP contribution in [0.15, 0.2) is 12.1 Å². The van der Waals surface area contributed by atoms with Crippen molar-refractivity contribution < 1.29 is 14.6 Å². The third kappa shape index (κ3) is 2.32. The molecule has 0 amide bonds. The minimum Gasteiger partial charge on any atom is -0.462 e. The zero-order chi connectivity index (χ0) is 12.1. The molecule has 0 atom stereocenters. The fraction of sp³-hybridized carbons (Fsp3) is 0.273. The van der Waals surface area contributed by atoms with Crippen molar-refractivity contribution in [1.82, 2.24) is 0 Å². The SMILES string of the molecule is CCOC(=O)c1c(C#N)ccc(Cl)c1CO. The lowest BCUT2D eigenvalue weighted by Gasteiger charge is -2.09. The van der Waals surface area contributed by atoms with E-state index < -0.39 is 12.6 Å². The largest absolute Gasteiger partial charge is 0.462 e. The Bertz CT molecular complexity index is 451. The van der Waals surface area contributed by atoms with Crippen molar-refractivity contribution in [2.75, 3.05) is 6.61 Å². The second kappa shape index (κ2) is 5.50. The molecule has 84 valence electrons. The monoisotopic (exact) mass is 239 g/mol. The van der Waals surface area contributed by atoms with Crippen molar-refractivity contribution in [3.63, 3.8) is 0 Å². The number of hydrogen-bond acceptors (Lipinski definition) is 4. The van der Waals surface area contributed by atoms with Crippen molar-refractivity contribution in [2.45, 2.75) is 13.5 Å². The predicted octanol–water partition coefficient (Wildman–Crippen LogP) is 1.88. The molecule has 0 bridgehead atoms. The third-order valence-electron chi connectivity index (χ3n) is 2.01. The third-order valence-corrected chi connectivity index (χ3v) is 2.37. The van der Waals surface area contributed by atoms with Gasteiger partial charge in [0.2, 0.25) is 0 Å². The molecule has 0 spiro atoms. The molecule has 1 rings (SSSR count). The minimum absolute atomic E-state index is 0.0411. The Labute approximate surface area is 98.0 Å². The van der Waals surface area contributed by atoms with E-state index in [4.69, 9.17) is 26.7 Å². The van der Waals surface area contributed by atoms with Crippen LogP contribution in [0.2, 0.25) is 5.02 Å². The van der Waals surface area contributed by atoms with Gasteiger partial charge in [0.15, 0.2) is 0 Å². The van der Waals surface area contributed by atoms with E-state index in [-0.39, 0.29) is 28.3 Å². The lowest BCUT2D eigenvalue weighted by molar-refractivity contribution is 0.0522. The van der Waals surface area contributed by atoms with Crippen LogP contribution in [0.3, 0.4) is 0 Å². The molecule has 0 aromatic heterocycles. The van der Waals surface area contributed by atoms with Gasteiger partial charge in [-0.05, 0) is 19.1 Å². The Morgan fingerprint density at radius 3 is 2.81 bits per heavy atom. The molecule has 1 N–H and O–H groups in total. The smallest absolute Gasteiger partial charge is 0.339 e. The van der Waals surface area contributed by atoms with Gasteiger partial charge < -0.3 is 9.84 Å². The van der Waals surface area contributed by atoms with Crippen LogP contribution in [0.25, 0.3) is 0 Å². The van der Waals surface area contributed by atoms with Crippen molar-refractivity contribution >= 4 is 17.6 Å². The number of aliphatic hydroxyl groups excluding tert-OH is 1. The molecule has 0 fully saturated rings. The number of hydrogen-bond donors (Lipinski definition) is 1. The van der Waals surface area contributed by atoms with Gasteiger partial charge in [0, 0.05) is 10.6 Å². The highest BCUT2D eigenvalue weighted by molar-refractivity contribution is 6.32. The number of esters is 1. The predicted molar refractivity (Wildman–Crippen MR) is 58.0 cm³/mol. The summed E-state index contributed by atoms with van der Waals surface area (Å²) in [4.78, 5) is 11.6. The van der Waals surface area contributed by atoms with Gasteiger partial charge in [-0.25, -0.2) is 4.79 Å². The minimum atomic E-state index is -0.648. The Balaban J connectivity index is 3.37. The maximum absolute atomic E-state index is 11.6. The lowest BCUT2D eigenvalue weighted by atomic mass is 10.0. The number of aliphatic hydroxyl groups is 1. The number of carbonyl (C=O) groups excluding carboxylic acids is 1. The van der Waals surface area contributed by atoms with E-state index >= 15 is 0 Å². The summed E-state index contributed by atoms with van der Waals surface area (Å²) in [7, 11) is 0. The van der Waals surface area contributed by atoms with E-state index in [2.05, 4.69) is 0 Å². The first-order chi connectivity index (χ1) is 7.65. The first-order valence-electron chi connectivity index (χ1n) is 4.65. The van der Waals surface area contributed by atoms with Gasteiger partial charge in [-0.15, -0.1) is 0 Å². The molecule has 0 aliphatic heterocycles. The lowest BCUT2D eigenvalue weighted by Crippen LogP contribution is -2.11. The zero-order valence-corrected chi connectivity index (χ0v) is 9.41. The fourth-order valence-corrected chi connectivity index (χ4v) is 1.52. The van der Waals surface area contributed by atoms with Crippen molar-refractivity contribution in [3.8, 4) is 6.07 Å². The Hall–Kier alpha value is -1.57. The summed E-state index contributed by atoms with van der Waals surface area (Å²) in [6.07, 6.45) is 0. The molecule has 1 aromatic rings. The summed E-state index contributed by atoms with van der Waals surface area (Å²) in [5.74, 6) is -0.648. The molecule has 0 aliphatic carbocycles. The van der Waals surface area contributed by atoms with Crippen LogP contribution >= 0.6 is 11.6 Å². The number of nitrogens with zero attached hydrogens (tertiary/aromatic N) is 1. The molecule has 5 heteroatoms. The quantitative estimate of drug-likeness (QED) is 0.818. The van der Waals surface area contributed by atoms with E-state index in [0.29, 0.717) is 0 Å². The highest BCUT2D eigenvalue weighted by Gasteiger charge is 2.19. The van der Waals surface area contributed by atoms with E-state index in [1.54, 1.807) is 6.92 Å². The highest BCUT2D eigenvalue weighted by Crippen LogP contribution is 2.24. The fourth-order valence-electron chi connectivity index (χ4n) is 1.31. The molecule has 0 radical (unpaired) electrons. The molecular formula is C11H10ClNO3. The molecule has 0 unspecified atom stereocenters. The second-order valence-electron chi connectivity index (χ2n) is 2.94. The average molecular weight is 240 g/mol. The summed E-state index contributed by atoms with van der Waals surface area (Å²) in [5.41, 5.74) is 0.408. The van der Waals surface area contributed by atoms with Crippen LogP contribution in [-0.4, -0.2) is 17.7 Å². The van der Waals surface area contributed by atoms with Crippen LogP contribution in [0.4, 0.5) is 0 Å². The summed E-state index contributed by atoms with van der Waals surface area (Å²) in [5, 5.41) is 18.2. The number of rotatable bonds is 3. The molecule has 0 heterocycles. The Morgan fingerprint density at radius 2 is 2.31 bits per heavy atom. The summed E-state index contributed by atoms with van der Waals surface area (Å²) in [6, 6.07) is 4.76. The summed E-state index contributed by atoms with van der Waals surface area (Å²) >= 11 is 5.83. The van der Waals surface area contributed by atoms with E-state index in [1.165, 1.54) is 12.1 Å². The standard InChI is InChI=1S/C11H10ClNO3/c1-2-16-11(15)10-7(5-13)3-4-9(12)8(10)6-14/h3-4,14H,2,6H2,1H3. The molecule has 0 saturated heterocycles. The number of ether oxygens (including phenoxy) is 1. The molecular weight excluding hydrogens is 230 g/mol. The molecule has 0 saturated carbocycles. The summed E-state index contributed by atoms with van der Waals surface area (Å²) < 4.78 is 4.81. The number of nitriles is 1. The normalized spacial score (nSPS) is 9.62. The number of halogens is 1. The van der Waals surface area contributed by atoms with Crippen molar-refractivity contribution in [3.05, 3.63) is 33.8 Å². The van der Waals surface area contributed by atoms with Gasteiger partial charge in [0.25, 0.3) is 0 Å². The molecule has 0 aliphatic rings. The van der Waals surface area contributed by atoms with E-state index in [9.17, 15) is 4.79 Å². The van der Waals surface area contributed by atoms with Gasteiger partial charge in [0.05, 0.1) is 24.3 Å². The van der Waals surface area contributed by atoms with Crippen LogP contribution < -0.4 is 0 Å². The second-order valence-corrected chi connectivity index (χ2v) is 3.35. The molecule has 16 heavy (non-hydrogen) atoms. The topological polar surface area (TPSA) is 70.3 Å². The molecule has 4 nitrogen and oxygen atoms in total. The van der Waals surface area contributed by atoms with Gasteiger partial charge in [-0.1, -0.05) is 11.6 Å². The van der Waals surface area contributed by atoms with Gasteiger partial charge in [-0.3, -0.25) is 0 Å².